The molecule has 1 fully saturated rings. The van der Waals surface area contributed by atoms with Gasteiger partial charge in [-0.1, -0.05) is 0 Å². The molecule has 21 heavy (non-hydrogen) atoms. The highest BCUT2D eigenvalue weighted by molar-refractivity contribution is 5.90. The van der Waals surface area contributed by atoms with Crippen molar-refractivity contribution < 1.29 is 9.53 Å². The van der Waals surface area contributed by atoms with E-state index in [-0.39, 0.29) is 18.4 Å². The Bertz CT molecular complexity index is 439. The number of amides is 1. The Morgan fingerprint density at radius 2 is 2.19 bits per heavy atom. The SMILES string of the molecule is COC(CN)CC(=O)Nc1ccc(N2CCCCC2)cn1. The van der Waals surface area contributed by atoms with E-state index in [2.05, 4.69) is 15.2 Å². The van der Waals surface area contributed by atoms with Crippen LogP contribution in [0.4, 0.5) is 11.5 Å². The molecule has 2 rings (SSSR count). The fraction of sp³-hybridized carbons (Fsp3) is 0.600. The zero-order chi connectivity index (χ0) is 15.1. The molecule has 6 nitrogen and oxygen atoms in total. The van der Waals surface area contributed by atoms with Crippen LogP contribution in [0, 0.1) is 0 Å². The number of anilines is 2. The number of nitrogens with one attached hydrogen (secondary N) is 1. The van der Waals surface area contributed by atoms with Gasteiger partial charge in [0.1, 0.15) is 5.82 Å². The summed E-state index contributed by atoms with van der Waals surface area (Å²) < 4.78 is 5.09. The summed E-state index contributed by atoms with van der Waals surface area (Å²) in [7, 11) is 1.55. The summed E-state index contributed by atoms with van der Waals surface area (Å²) in [6.45, 7) is 2.49. The third kappa shape index (κ3) is 4.68. The summed E-state index contributed by atoms with van der Waals surface area (Å²) >= 11 is 0. The first-order valence-corrected chi connectivity index (χ1v) is 7.46. The van der Waals surface area contributed by atoms with Crippen LogP contribution < -0.4 is 16.0 Å². The number of nitrogens with two attached hydrogens (primary N) is 1. The van der Waals surface area contributed by atoms with Crippen LogP contribution in [0.5, 0.6) is 0 Å². The van der Waals surface area contributed by atoms with Gasteiger partial charge in [-0.3, -0.25) is 4.79 Å². The average molecular weight is 292 g/mol. The Kier molecular flexibility index (Phi) is 5.95. The first-order valence-electron chi connectivity index (χ1n) is 7.46. The van der Waals surface area contributed by atoms with Crippen molar-refractivity contribution in [1.82, 2.24) is 4.98 Å². The number of hydrogen-bond acceptors (Lipinski definition) is 5. The molecule has 1 atom stereocenters. The predicted octanol–water partition coefficient (Wildman–Crippen LogP) is 1.37. The fourth-order valence-electron chi connectivity index (χ4n) is 2.46. The molecule has 1 amide bonds. The minimum atomic E-state index is -0.252. The number of carbonyl (C=O) groups excluding carboxylic acids is 1. The van der Waals surface area contributed by atoms with Crippen LogP contribution in [0.25, 0.3) is 0 Å². The molecule has 0 bridgehead atoms. The summed E-state index contributed by atoms with van der Waals surface area (Å²) in [4.78, 5) is 18.5. The van der Waals surface area contributed by atoms with Gasteiger partial charge < -0.3 is 20.7 Å². The van der Waals surface area contributed by atoms with E-state index in [9.17, 15) is 4.79 Å². The maximum absolute atomic E-state index is 11.8. The Labute approximate surface area is 125 Å². The van der Waals surface area contributed by atoms with E-state index in [4.69, 9.17) is 10.5 Å². The van der Waals surface area contributed by atoms with Gasteiger partial charge in [-0.25, -0.2) is 4.98 Å². The van der Waals surface area contributed by atoms with Gasteiger partial charge in [-0.2, -0.15) is 0 Å². The van der Waals surface area contributed by atoms with E-state index in [1.807, 2.05) is 18.3 Å². The molecule has 1 aromatic heterocycles. The quantitative estimate of drug-likeness (QED) is 0.828. The minimum absolute atomic E-state index is 0.134. The monoisotopic (exact) mass is 292 g/mol. The second kappa shape index (κ2) is 7.95. The van der Waals surface area contributed by atoms with Crippen LogP contribution >= 0.6 is 0 Å². The van der Waals surface area contributed by atoms with Crippen molar-refractivity contribution in [1.29, 1.82) is 0 Å². The number of nitrogens with zero attached hydrogens (tertiary/aromatic N) is 2. The van der Waals surface area contributed by atoms with Gasteiger partial charge in [-0.15, -0.1) is 0 Å². The van der Waals surface area contributed by atoms with Crippen molar-refractivity contribution in [3.63, 3.8) is 0 Å². The summed E-state index contributed by atoms with van der Waals surface area (Å²) in [5, 5.41) is 2.77. The summed E-state index contributed by atoms with van der Waals surface area (Å²) in [6.07, 6.45) is 5.57. The van der Waals surface area contributed by atoms with E-state index in [0.29, 0.717) is 12.4 Å². The number of hydrogen-bond donors (Lipinski definition) is 2. The van der Waals surface area contributed by atoms with Gasteiger partial charge in [0.05, 0.1) is 24.4 Å². The Hall–Kier alpha value is -1.66. The zero-order valence-corrected chi connectivity index (χ0v) is 12.5. The topological polar surface area (TPSA) is 80.5 Å². The van der Waals surface area contributed by atoms with Crippen molar-refractivity contribution in [2.45, 2.75) is 31.8 Å². The highest BCUT2D eigenvalue weighted by atomic mass is 16.5. The smallest absolute Gasteiger partial charge is 0.228 e. The van der Waals surface area contributed by atoms with E-state index in [1.165, 1.54) is 19.3 Å². The second-order valence-electron chi connectivity index (χ2n) is 5.30. The highest BCUT2D eigenvalue weighted by Gasteiger charge is 2.13. The number of methoxy groups -OCH3 is 1. The van der Waals surface area contributed by atoms with Crippen molar-refractivity contribution in [3.8, 4) is 0 Å². The molecule has 0 saturated carbocycles. The van der Waals surface area contributed by atoms with Crippen molar-refractivity contribution in [3.05, 3.63) is 18.3 Å². The molecule has 116 valence electrons. The van der Waals surface area contributed by atoms with Crippen LogP contribution in [0.2, 0.25) is 0 Å². The van der Waals surface area contributed by atoms with E-state index in [1.54, 1.807) is 7.11 Å². The van der Waals surface area contributed by atoms with E-state index in [0.717, 1.165) is 18.8 Å². The average Bonchev–Trinajstić information content (AvgIpc) is 2.54. The number of aromatic nitrogens is 1. The molecule has 3 N–H and O–H groups in total. The molecular formula is C15H24N4O2. The van der Waals surface area contributed by atoms with Crippen LogP contribution in [-0.2, 0) is 9.53 Å². The third-order valence-corrected chi connectivity index (χ3v) is 3.75. The van der Waals surface area contributed by atoms with Gasteiger partial charge in [-0.05, 0) is 31.4 Å². The fourth-order valence-corrected chi connectivity index (χ4v) is 2.46. The Morgan fingerprint density at radius 3 is 2.76 bits per heavy atom. The highest BCUT2D eigenvalue weighted by Crippen LogP contribution is 2.20. The third-order valence-electron chi connectivity index (χ3n) is 3.75. The van der Waals surface area contributed by atoms with Gasteiger partial charge >= 0.3 is 0 Å². The van der Waals surface area contributed by atoms with E-state index < -0.39 is 0 Å². The summed E-state index contributed by atoms with van der Waals surface area (Å²) in [5.41, 5.74) is 6.62. The normalized spacial score (nSPS) is 16.6. The molecule has 1 unspecified atom stereocenters. The lowest BCUT2D eigenvalue weighted by Gasteiger charge is -2.28. The first kappa shape index (κ1) is 15.7. The van der Waals surface area contributed by atoms with Crippen molar-refractivity contribution in [2.24, 2.45) is 5.73 Å². The van der Waals surface area contributed by atoms with Crippen LogP contribution in [0.1, 0.15) is 25.7 Å². The maximum Gasteiger partial charge on any atom is 0.228 e. The molecule has 2 heterocycles. The zero-order valence-electron chi connectivity index (χ0n) is 12.5. The molecule has 1 aliphatic rings. The maximum atomic E-state index is 11.8. The summed E-state index contributed by atoms with van der Waals surface area (Å²) in [5.74, 6) is 0.429. The van der Waals surface area contributed by atoms with Crippen LogP contribution in [0.3, 0.4) is 0 Å². The van der Waals surface area contributed by atoms with Crippen molar-refractivity contribution in [2.75, 3.05) is 37.0 Å². The molecule has 1 aliphatic heterocycles. The molecule has 1 saturated heterocycles. The van der Waals surface area contributed by atoms with Gasteiger partial charge in [0.15, 0.2) is 0 Å². The largest absolute Gasteiger partial charge is 0.380 e. The number of carbonyl (C=O) groups is 1. The van der Waals surface area contributed by atoms with Crippen LogP contribution in [-0.4, -0.2) is 43.7 Å². The van der Waals surface area contributed by atoms with Crippen LogP contribution in [0.15, 0.2) is 18.3 Å². The molecular weight excluding hydrogens is 268 g/mol. The lowest BCUT2D eigenvalue weighted by atomic mass is 10.1. The number of ether oxygens (including phenoxy) is 1. The molecule has 1 aromatic rings. The minimum Gasteiger partial charge on any atom is -0.380 e. The molecule has 0 aromatic carbocycles. The number of rotatable bonds is 6. The van der Waals surface area contributed by atoms with Gasteiger partial charge in [0.2, 0.25) is 5.91 Å². The molecule has 0 aliphatic carbocycles. The van der Waals surface area contributed by atoms with Crippen molar-refractivity contribution >= 4 is 17.4 Å². The van der Waals surface area contributed by atoms with Gasteiger partial charge in [0.25, 0.3) is 0 Å². The lowest BCUT2D eigenvalue weighted by molar-refractivity contribution is -0.118. The number of piperidine rings is 1. The first-order chi connectivity index (χ1) is 10.2. The Balaban J connectivity index is 1.88. The lowest BCUT2D eigenvalue weighted by Crippen LogP contribution is -2.29. The molecule has 6 heteroatoms. The second-order valence-corrected chi connectivity index (χ2v) is 5.30. The standard InChI is InChI=1S/C15H24N4O2/c1-21-13(10-16)9-15(20)18-14-6-5-12(11-17-14)19-7-3-2-4-8-19/h5-6,11,13H,2-4,7-10,16H2,1H3,(H,17,18,20). The summed E-state index contributed by atoms with van der Waals surface area (Å²) in [6, 6.07) is 3.84. The van der Waals surface area contributed by atoms with E-state index >= 15 is 0 Å². The molecule has 0 radical (unpaired) electrons. The van der Waals surface area contributed by atoms with Gasteiger partial charge in [0, 0.05) is 26.7 Å². The predicted molar refractivity (Wildman–Crippen MR) is 83.4 cm³/mol. The Morgan fingerprint density at radius 1 is 1.43 bits per heavy atom. The molecule has 0 spiro atoms. The number of pyridine rings is 1.